The fourth-order valence-electron chi connectivity index (χ4n) is 3.09. The van der Waals surface area contributed by atoms with Gasteiger partial charge in [0.15, 0.2) is 0 Å². The molecule has 0 amide bonds. The van der Waals surface area contributed by atoms with Crippen LogP contribution in [0.4, 0.5) is 4.39 Å². The second-order valence-corrected chi connectivity index (χ2v) is 6.24. The zero-order chi connectivity index (χ0) is 15.0. The molecule has 110 valence electrons. The molecule has 1 aliphatic rings. The highest BCUT2D eigenvalue weighted by Gasteiger charge is 2.45. The molecule has 0 spiro atoms. The van der Waals surface area contributed by atoms with E-state index in [0.29, 0.717) is 0 Å². The molecule has 1 heterocycles. The summed E-state index contributed by atoms with van der Waals surface area (Å²) in [6.07, 6.45) is 5.97. The van der Waals surface area contributed by atoms with Crippen molar-refractivity contribution in [3.63, 3.8) is 0 Å². The van der Waals surface area contributed by atoms with E-state index in [-0.39, 0.29) is 11.2 Å². The largest absolute Gasteiger partial charge is 0.241 e. The van der Waals surface area contributed by atoms with E-state index in [4.69, 9.17) is 0 Å². The lowest BCUT2D eigenvalue weighted by Gasteiger charge is -2.18. The second kappa shape index (κ2) is 5.21. The maximum absolute atomic E-state index is 14.4. The summed E-state index contributed by atoms with van der Waals surface area (Å²) < 4.78 is 14.4. The van der Waals surface area contributed by atoms with Crippen LogP contribution in [0.1, 0.15) is 47.5 Å². The first-order chi connectivity index (χ1) is 10.0. The molecule has 2 nitrogen and oxygen atoms in total. The van der Waals surface area contributed by atoms with E-state index in [1.165, 1.54) is 5.56 Å². The van der Waals surface area contributed by atoms with Crippen LogP contribution in [0.5, 0.6) is 0 Å². The Bertz CT molecular complexity index is 675. The molecule has 3 heteroatoms. The van der Waals surface area contributed by atoms with E-state index in [2.05, 4.69) is 9.97 Å². The zero-order valence-corrected chi connectivity index (χ0v) is 12.9. The Labute approximate surface area is 125 Å². The summed E-state index contributed by atoms with van der Waals surface area (Å²) in [5.74, 6) is 0.786. The molecule has 0 atom stereocenters. The predicted molar refractivity (Wildman–Crippen MR) is 81.9 cm³/mol. The van der Waals surface area contributed by atoms with E-state index >= 15 is 0 Å². The Kier molecular flexibility index (Phi) is 3.52. The maximum Gasteiger partial charge on any atom is 0.129 e. The van der Waals surface area contributed by atoms with Gasteiger partial charge in [-0.25, -0.2) is 14.4 Å². The summed E-state index contributed by atoms with van der Waals surface area (Å²) >= 11 is 0. The van der Waals surface area contributed by atoms with Crippen molar-refractivity contribution in [2.75, 3.05) is 0 Å². The van der Waals surface area contributed by atoms with Gasteiger partial charge in [-0.1, -0.05) is 18.2 Å². The predicted octanol–water partition coefficient (Wildman–Crippen LogP) is 4.21. The molecule has 0 unspecified atom stereocenters. The second-order valence-electron chi connectivity index (χ2n) is 6.24. The molecular formula is C18H21FN2. The smallest absolute Gasteiger partial charge is 0.129 e. The molecule has 0 N–H and O–H groups in total. The van der Waals surface area contributed by atoms with Gasteiger partial charge in [-0.15, -0.1) is 0 Å². The maximum atomic E-state index is 14.4. The molecule has 3 rings (SSSR count). The average molecular weight is 284 g/mol. The average Bonchev–Trinajstić information content (AvgIpc) is 3.22. The summed E-state index contributed by atoms with van der Waals surface area (Å²) in [6.45, 7) is 5.77. The first-order valence-electron chi connectivity index (χ1n) is 7.56. The zero-order valence-electron chi connectivity index (χ0n) is 12.9. The van der Waals surface area contributed by atoms with Crippen LogP contribution in [-0.4, -0.2) is 9.97 Å². The number of benzene rings is 1. The van der Waals surface area contributed by atoms with Crippen LogP contribution in [0.15, 0.2) is 24.4 Å². The van der Waals surface area contributed by atoms with Crippen LogP contribution in [-0.2, 0) is 11.8 Å². The van der Waals surface area contributed by atoms with Crippen LogP contribution in [0.2, 0.25) is 0 Å². The lowest BCUT2D eigenvalue weighted by atomic mass is 9.88. The standard InChI is InChI=1S/C18H21FN2/c1-12-5-4-6-16(17(12)19)18(9-10-18)8-7-15-11-20-14(3)21-13(15)2/h4-6,11H,7-10H2,1-3H3. The Balaban J connectivity index is 1.80. The molecule has 0 radical (unpaired) electrons. The number of nitrogens with zero attached hydrogens (tertiary/aromatic N) is 2. The van der Waals surface area contributed by atoms with Crippen molar-refractivity contribution in [2.24, 2.45) is 0 Å². The van der Waals surface area contributed by atoms with Crippen LogP contribution < -0.4 is 0 Å². The Hall–Kier alpha value is -1.77. The van der Waals surface area contributed by atoms with Crippen molar-refractivity contribution < 1.29 is 4.39 Å². The molecule has 0 bridgehead atoms. The first kappa shape index (κ1) is 14.2. The van der Waals surface area contributed by atoms with E-state index in [9.17, 15) is 4.39 Å². The van der Waals surface area contributed by atoms with Gasteiger partial charge in [-0.3, -0.25) is 0 Å². The van der Waals surface area contributed by atoms with Crippen molar-refractivity contribution >= 4 is 0 Å². The molecule has 1 fully saturated rings. The Morgan fingerprint density at radius 3 is 2.62 bits per heavy atom. The highest BCUT2D eigenvalue weighted by Crippen LogP contribution is 2.52. The minimum atomic E-state index is -0.0214. The molecule has 1 saturated carbocycles. The van der Waals surface area contributed by atoms with E-state index in [1.807, 2.05) is 45.2 Å². The fourth-order valence-corrected chi connectivity index (χ4v) is 3.09. The summed E-state index contributed by atoms with van der Waals surface area (Å²) in [6, 6.07) is 5.76. The van der Waals surface area contributed by atoms with Gasteiger partial charge in [0.05, 0.1) is 0 Å². The summed E-state index contributed by atoms with van der Waals surface area (Å²) in [5.41, 5.74) is 3.90. The van der Waals surface area contributed by atoms with Crippen LogP contribution in [0.3, 0.4) is 0 Å². The lowest BCUT2D eigenvalue weighted by molar-refractivity contribution is 0.539. The highest BCUT2D eigenvalue weighted by atomic mass is 19.1. The molecule has 21 heavy (non-hydrogen) atoms. The van der Waals surface area contributed by atoms with Crippen molar-refractivity contribution in [2.45, 2.75) is 51.9 Å². The monoisotopic (exact) mass is 284 g/mol. The fraction of sp³-hybridized carbons (Fsp3) is 0.444. The topological polar surface area (TPSA) is 25.8 Å². The lowest BCUT2D eigenvalue weighted by Crippen LogP contribution is -2.12. The van der Waals surface area contributed by atoms with Crippen molar-refractivity contribution in [1.82, 2.24) is 9.97 Å². The van der Waals surface area contributed by atoms with E-state index in [1.54, 1.807) is 0 Å². The van der Waals surface area contributed by atoms with Crippen molar-refractivity contribution in [1.29, 1.82) is 0 Å². The first-order valence-corrected chi connectivity index (χ1v) is 7.56. The normalized spacial score (nSPS) is 16.0. The van der Waals surface area contributed by atoms with Gasteiger partial charge in [0.25, 0.3) is 0 Å². The third kappa shape index (κ3) is 2.69. The molecule has 0 aliphatic heterocycles. The number of hydrogen-bond donors (Lipinski definition) is 0. The number of hydrogen-bond acceptors (Lipinski definition) is 2. The molecule has 1 aliphatic carbocycles. The van der Waals surface area contributed by atoms with Gasteiger partial charge in [-0.05, 0) is 68.6 Å². The highest BCUT2D eigenvalue weighted by molar-refractivity contribution is 5.36. The summed E-state index contributed by atoms with van der Waals surface area (Å²) in [7, 11) is 0. The molecule has 1 aromatic heterocycles. The van der Waals surface area contributed by atoms with Gasteiger partial charge >= 0.3 is 0 Å². The third-order valence-corrected chi connectivity index (χ3v) is 4.69. The molecule has 2 aromatic rings. The Morgan fingerprint density at radius 2 is 1.95 bits per heavy atom. The third-order valence-electron chi connectivity index (χ3n) is 4.69. The van der Waals surface area contributed by atoms with Gasteiger partial charge in [0, 0.05) is 11.9 Å². The molecule has 0 saturated heterocycles. The number of aromatic nitrogens is 2. The van der Waals surface area contributed by atoms with Gasteiger partial charge in [0.1, 0.15) is 11.6 Å². The van der Waals surface area contributed by atoms with Crippen molar-refractivity contribution in [3.05, 3.63) is 58.4 Å². The molecule has 1 aromatic carbocycles. The molecular weight excluding hydrogens is 263 g/mol. The van der Waals surface area contributed by atoms with E-state index < -0.39 is 0 Å². The SMILES string of the molecule is Cc1ncc(CCC2(c3cccc(C)c3F)CC2)c(C)n1. The Morgan fingerprint density at radius 1 is 1.19 bits per heavy atom. The number of aryl methyl sites for hydroxylation is 4. The number of rotatable bonds is 4. The minimum absolute atomic E-state index is 0.0214. The van der Waals surface area contributed by atoms with Crippen LogP contribution in [0, 0.1) is 26.6 Å². The van der Waals surface area contributed by atoms with Gasteiger partial charge < -0.3 is 0 Å². The van der Waals surface area contributed by atoms with Crippen LogP contribution in [0.25, 0.3) is 0 Å². The van der Waals surface area contributed by atoms with Gasteiger partial charge in [-0.2, -0.15) is 0 Å². The van der Waals surface area contributed by atoms with Crippen LogP contribution >= 0.6 is 0 Å². The minimum Gasteiger partial charge on any atom is -0.241 e. The number of halogens is 1. The van der Waals surface area contributed by atoms with E-state index in [0.717, 1.165) is 48.3 Å². The van der Waals surface area contributed by atoms with Crippen molar-refractivity contribution in [3.8, 4) is 0 Å². The van der Waals surface area contributed by atoms with Gasteiger partial charge in [0.2, 0.25) is 0 Å². The summed E-state index contributed by atoms with van der Waals surface area (Å²) in [4.78, 5) is 8.69. The summed E-state index contributed by atoms with van der Waals surface area (Å²) in [5, 5.41) is 0. The quantitative estimate of drug-likeness (QED) is 0.840.